The third-order valence-electron chi connectivity index (χ3n) is 6.82. The SMILES string of the molecule is COc1cccc(CN2Cc3ccccc3[C@@]23CO[C@@H](C(=O)N(C)Cc2ccccn2)C3)c1. The number of carbonyl (C=O) groups excluding carboxylic acids is 1. The number of fused-ring (bicyclic) bond motifs is 2. The summed E-state index contributed by atoms with van der Waals surface area (Å²) in [6.07, 6.45) is 1.91. The van der Waals surface area contributed by atoms with Crippen molar-refractivity contribution in [3.63, 3.8) is 0 Å². The van der Waals surface area contributed by atoms with Crippen molar-refractivity contribution in [2.45, 2.75) is 37.7 Å². The molecule has 1 amide bonds. The summed E-state index contributed by atoms with van der Waals surface area (Å²) < 4.78 is 11.6. The Labute approximate surface area is 194 Å². The highest BCUT2D eigenvalue weighted by molar-refractivity contribution is 5.81. The lowest BCUT2D eigenvalue weighted by atomic mass is 9.86. The molecule has 0 N–H and O–H groups in total. The molecule has 2 atom stereocenters. The van der Waals surface area contributed by atoms with Crippen LogP contribution in [0.1, 0.15) is 28.8 Å². The van der Waals surface area contributed by atoms with Crippen molar-refractivity contribution >= 4 is 5.91 Å². The van der Waals surface area contributed by atoms with Crippen LogP contribution in [0.25, 0.3) is 0 Å². The van der Waals surface area contributed by atoms with Gasteiger partial charge in [0.25, 0.3) is 5.91 Å². The van der Waals surface area contributed by atoms with Gasteiger partial charge >= 0.3 is 0 Å². The van der Waals surface area contributed by atoms with E-state index in [-0.39, 0.29) is 11.4 Å². The molecule has 2 aliphatic rings. The maximum absolute atomic E-state index is 13.3. The third-order valence-corrected chi connectivity index (χ3v) is 6.82. The van der Waals surface area contributed by atoms with Gasteiger partial charge in [0.2, 0.25) is 0 Å². The van der Waals surface area contributed by atoms with Gasteiger partial charge in [0.05, 0.1) is 31.5 Å². The van der Waals surface area contributed by atoms with E-state index in [1.807, 2.05) is 37.4 Å². The summed E-state index contributed by atoms with van der Waals surface area (Å²) in [6.45, 7) is 2.57. The van der Waals surface area contributed by atoms with Crippen LogP contribution in [-0.4, -0.2) is 47.6 Å². The fourth-order valence-electron chi connectivity index (χ4n) is 5.13. The molecule has 0 bridgehead atoms. The zero-order valence-corrected chi connectivity index (χ0v) is 19.1. The summed E-state index contributed by atoms with van der Waals surface area (Å²) in [7, 11) is 3.51. The molecule has 2 aromatic carbocycles. The number of hydrogen-bond donors (Lipinski definition) is 0. The lowest BCUT2D eigenvalue weighted by molar-refractivity contribution is -0.140. The Hall–Kier alpha value is -3.22. The molecular weight excluding hydrogens is 414 g/mol. The van der Waals surface area contributed by atoms with Gasteiger partial charge in [-0.1, -0.05) is 42.5 Å². The van der Waals surface area contributed by atoms with E-state index in [0.717, 1.165) is 24.5 Å². The standard InChI is InChI=1S/C27H29N3O3/c1-29(18-22-10-5-6-13-28-22)26(31)25-15-27(19-33-25)24-12-4-3-9-21(24)17-30(27)16-20-8-7-11-23(14-20)32-2/h3-14,25H,15-19H2,1-2H3/t25-,27-/m1/s1. The molecule has 1 spiro atoms. The molecule has 2 aliphatic heterocycles. The second kappa shape index (κ2) is 8.96. The van der Waals surface area contributed by atoms with Crippen LogP contribution in [0, 0.1) is 0 Å². The van der Waals surface area contributed by atoms with Gasteiger partial charge in [-0.25, -0.2) is 0 Å². The summed E-state index contributed by atoms with van der Waals surface area (Å²) in [6, 6.07) is 22.5. The summed E-state index contributed by atoms with van der Waals surface area (Å²) in [5, 5.41) is 0. The average Bonchev–Trinajstić information content (AvgIpc) is 3.42. The molecule has 6 nitrogen and oxygen atoms in total. The van der Waals surface area contributed by atoms with Crippen molar-refractivity contribution < 1.29 is 14.3 Å². The van der Waals surface area contributed by atoms with Crippen LogP contribution in [0.5, 0.6) is 5.75 Å². The fraction of sp³-hybridized carbons (Fsp3) is 0.333. The molecule has 3 heterocycles. The first-order valence-electron chi connectivity index (χ1n) is 11.3. The van der Waals surface area contributed by atoms with E-state index in [4.69, 9.17) is 9.47 Å². The largest absolute Gasteiger partial charge is 0.497 e. The molecule has 3 aromatic rings. The minimum Gasteiger partial charge on any atom is -0.497 e. The molecule has 0 unspecified atom stereocenters. The maximum Gasteiger partial charge on any atom is 0.251 e. The number of pyridine rings is 1. The summed E-state index contributed by atoms with van der Waals surface area (Å²) in [4.78, 5) is 21.8. The first-order valence-corrected chi connectivity index (χ1v) is 11.3. The number of rotatable bonds is 6. The number of likely N-dealkylation sites (N-methyl/N-ethyl adjacent to an activating group) is 1. The van der Waals surface area contributed by atoms with Gasteiger partial charge < -0.3 is 14.4 Å². The van der Waals surface area contributed by atoms with Crippen LogP contribution < -0.4 is 4.74 Å². The van der Waals surface area contributed by atoms with E-state index < -0.39 is 6.10 Å². The first kappa shape index (κ1) is 21.6. The minimum absolute atomic E-state index is 0.00300. The van der Waals surface area contributed by atoms with Crippen molar-refractivity contribution in [2.24, 2.45) is 0 Å². The van der Waals surface area contributed by atoms with Crippen molar-refractivity contribution in [3.05, 3.63) is 95.3 Å². The van der Waals surface area contributed by atoms with E-state index in [9.17, 15) is 4.79 Å². The third kappa shape index (κ3) is 4.12. The Balaban J connectivity index is 1.38. The van der Waals surface area contributed by atoms with E-state index in [1.165, 1.54) is 16.7 Å². The molecule has 5 rings (SSSR count). The number of benzene rings is 2. The number of methoxy groups -OCH3 is 1. The van der Waals surface area contributed by atoms with Crippen LogP contribution in [-0.2, 0) is 34.7 Å². The molecule has 6 heteroatoms. The van der Waals surface area contributed by atoms with Crippen molar-refractivity contribution in [1.82, 2.24) is 14.8 Å². The predicted octanol–water partition coefficient (Wildman–Crippen LogP) is 3.75. The summed E-state index contributed by atoms with van der Waals surface area (Å²) in [5.74, 6) is 0.855. The molecule has 1 aromatic heterocycles. The molecule has 33 heavy (non-hydrogen) atoms. The second-order valence-electron chi connectivity index (χ2n) is 8.92. The molecular formula is C27H29N3O3. The molecule has 0 radical (unpaired) electrons. The van der Waals surface area contributed by atoms with E-state index >= 15 is 0 Å². The van der Waals surface area contributed by atoms with Crippen molar-refractivity contribution in [1.29, 1.82) is 0 Å². The van der Waals surface area contributed by atoms with E-state index in [1.54, 1.807) is 18.2 Å². The Morgan fingerprint density at radius 1 is 1.18 bits per heavy atom. The zero-order chi connectivity index (χ0) is 22.8. The van der Waals surface area contributed by atoms with Crippen LogP contribution in [0.15, 0.2) is 72.9 Å². The Bertz CT molecular complexity index is 1140. The van der Waals surface area contributed by atoms with Gasteiger partial charge in [-0.2, -0.15) is 0 Å². The number of hydrogen-bond acceptors (Lipinski definition) is 5. The van der Waals surface area contributed by atoms with Gasteiger partial charge in [-0.15, -0.1) is 0 Å². The normalized spacial score (nSPS) is 21.8. The molecule has 0 aliphatic carbocycles. The lowest BCUT2D eigenvalue weighted by Gasteiger charge is -2.35. The molecule has 0 saturated carbocycles. The number of aromatic nitrogens is 1. The molecule has 1 fully saturated rings. The summed E-state index contributed by atoms with van der Waals surface area (Å²) in [5.41, 5.74) is 4.32. The Morgan fingerprint density at radius 2 is 2.03 bits per heavy atom. The van der Waals surface area contributed by atoms with Gasteiger partial charge in [-0.05, 0) is 41.0 Å². The van der Waals surface area contributed by atoms with Crippen LogP contribution in [0.3, 0.4) is 0 Å². The van der Waals surface area contributed by atoms with Crippen molar-refractivity contribution in [2.75, 3.05) is 20.8 Å². The fourth-order valence-corrected chi connectivity index (χ4v) is 5.13. The van der Waals surface area contributed by atoms with Crippen LogP contribution >= 0.6 is 0 Å². The smallest absolute Gasteiger partial charge is 0.251 e. The quantitative estimate of drug-likeness (QED) is 0.581. The molecule has 1 saturated heterocycles. The highest BCUT2D eigenvalue weighted by Crippen LogP contribution is 2.47. The lowest BCUT2D eigenvalue weighted by Crippen LogP contribution is -2.42. The van der Waals surface area contributed by atoms with Crippen molar-refractivity contribution in [3.8, 4) is 5.75 Å². The monoisotopic (exact) mass is 443 g/mol. The minimum atomic E-state index is -0.474. The predicted molar refractivity (Wildman–Crippen MR) is 125 cm³/mol. The average molecular weight is 444 g/mol. The maximum atomic E-state index is 13.3. The second-order valence-corrected chi connectivity index (χ2v) is 8.92. The van der Waals surface area contributed by atoms with Gasteiger partial charge in [-0.3, -0.25) is 14.7 Å². The highest BCUT2D eigenvalue weighted by atomic mass is 16.5. The molecule has 170 valence electrons. The van der Waals surface area contributed by atoms with Crippen LogP contribution in [0.4, 0.5) is 0 Å². The van der Waals surface area contributed by atoms with Gasteiger partial charge in [0.1, 0.15) is 11.9 Å². The Morgan fingerprint density at radius 3 is 2.85 bits per heavy atom. The van der Waals surface area contributed by atoms with E-state index in [2.05, 4.69) is 46.3 Å². The summed E-state index contributed by atoms with van der Waals surface area (Å²) >= 11 is 0. The zero-order valence-electron chi connectivity index (χ0n) is 19.1. The first-order chi connectivity index (χ1) is 16.1. The Kier molecular flexibility index (Phi) is 5.87. The topological polar surface area (TPSA) is 54.9 Å². The number of nitrogens with zero attached hydrogens (tertiary/aromatic N) is 3. The number of ether oxygens (including phenoxy) is 2. The van der Waals surface area contributed by atoms with E-state index in [0.29, 0.717) is 19.6 Å². The van der Waals surface area contributed by atoms with Gasteiger partial charge in [0, 0.05) is 32.8 Å². The van der Waals surface area contributed by atoms with Gasteiger partial charge in [0.15, 0.2) is 0 Å². The highest BCUT2D eigenvalue weighted by Gasteiger charge is 2.52. The van der Waals surface area contributed by atoms with Crippen LogP contribution in [0.2, 0.25) is 0 Å². The number of carbonyl (C=O) groups is 1. The number of amides is 1.